The number of ketones is 1. The lowest BCUT2D eigenvalue weighted by Gasteiger charge is -2.39. The van der Waals surface area contributed by atoms with E-state index in [1.807, 2.05) is 6.92 Å². The molecule has 1 saturated heterocycles. The highest BCUT2D eigenvalue weighted by Crippen LogP contribution is 2.40. The second-order valence-electron chi connectivity index (χ2n) is 7.88. The van der Waals surface area contributed by atoms with Crippen LogP contribution in [0.15, 0.2) is 18.3 Å². The Bertz CT molecular complexity index is 1070. The fourth-order valence-electron chi connectivity index (χ4n) is 4.21. The minimum Gasteiger partial charge on any atom is -0.490 e. The molecule has 0 amide bonds. The number of imidazole rings is 1. The molecule has 0 radical (unpaired) electrons. The van der Waals surface area contributed by atoms with E-state index in [9.17, 15) is 23.1 Å². The Labute approximate surface area is 175 Å². The molecule has 3 rings (SSSR count). The fourth-order valence-corrected chi connectivity index (χ4v) is 5.06. The number of aryl methyl sites for hydroxylation is 1. The van der Waals surface area contributed by atoms with Gasteiger partial charge in [0.1, 0.15) is 5.69 Å². The summed E-state index contributed by atoms with van der Waals surface area (Å²) in [5, 5.41) is 9.44. The molecule has 30 heavy (non-hydrogen) atoms. The van der Waals surface area contributed by atoms with E-state index >= 15 is 0 Å². The number of pyridine rings is 1. The summed E-state index contributed by atoms with van der Waals surface area (Å²) in [6.07, 6.45) is 3.35. The van der Waals surface area contributed by atoms with Crippen LogP contribution in [0, 0.1) is 12.3 Å². The van der Waals surface area contributed by atoms with E-state index in [1.165, 1.54) is 4.31 Å². The molecule has 0 bridgehead atoms. The molecule has 164 valence electrons. The van der Waals surface area contributed by atoms with E-state index in [4.69, 9.17) is 4.74 Å². The van der Waals surface area contributed by atoms with Crippen LogP contribution in [0.4, 0.5) is 0 Å². The molecule has 0 spiro atoms. The first-order chi connectivity index (χ1) is 14.1. The minimum atomic E-state index is -3.35. The SMILES string of the molecule is CCOc1cccn2c(C(=O)CC3(CC(=O)O)CCN(S(C)(=O)=O)CC3)c(C)nc12. The fraction of sp³-hybridized carbons (Fsp3) is 0.550. The number of aromatic nitrogens is 2. The highest BCUT2D eigenvalue weighted by molar-refractivity contribution is 7.88. The van der Waals surface area contributed by atoms with Gasteiger partial charge in [-0.1, -0.05) is 0 Å². The lowest BCUT2D eigenvalue weighted by atomic mass is 9.72. The van der Waals surface area contributed by atoms with Crippen LogP contribution < -0.4 is 4.74 Å². The van der Waals surface area contributed by atoms with Gasteiger partial charge in [0.2, 0.25) is 10.0 Å². The van der Waals surface area contributed by atoms with E-state index in [-0.39, 0.29) is 31.7 Å². The van der Waals surface area contributed by atoms with Crippen LogP contribution in [0.1, 0.15) is 48.8 Å². The normalized spacial score (nSPS) is 17.2. The smallest absolute Gasteiger partial charge is 0.303 e. The molecule has 3 heterocycles. The molecule has 0 unspecified atom stereocenters. The summed E-state index contributed by atoms with van der Waals surface area (Å²) in [5.74, 6) is -0.629. The van der Waals surface area contributed by atoms with Gasteiger partial charge in [-0.25, -0.2) is 17.7 Å². The van der Waals surface area contributed by atoms with Crippen molar-refractivity contribution in [2.24, 2.45) is 5.41 Å². The van der Waals surface area contributed by atoms with Crippen LogP contribution >= 0.6 is 0 Å². The van der Waals surface area contributed by atoms with Crippen molar-refractivity contribution in [3.8, 4) is 5.75 Å². The van der Waals surface area contributed by atoms with Crippen molar-refractivity contribution in [2.45, 2.75) is 39.5 Å². The Kier molecular flexibility index (Phi) is 6.19. The van der Waals surface area contributed by atoms with E-state index in [2.05, 4.69) is 4.98 Å². The molecule has 9 nitrogen and oxygen atoms in total. The molecule has 0 atom stereocenters. The summed E-state index contributed by atoms with van der Waals surface area (Å²) in [4.78, 5) is 29.3. The van der Waals surface area contributed by atoms with E-state index in [0.717, 1.165) is 6.26 Å². The Morgan fingerprint density at radius 2 is 1.93 bits per heavy atom. The van der Waals surface area contributed by atoms with Crippen molar-refractivity contribution in [3.05, 3.63) is 29.7 Å². The zero-order valence-electron chi connectivity index (χ0n) is 17.4. The molecule has 10 heteroatoms. The number of hydrogen-bond acceptors (Lipinski definition) is 6. The number of aliphatic carboxylic acids is 1. The average molecular weight is 438 g/mol. The van der Waals surface area contributed by atoms with Crippen molar-refractivity contribution in [1.29, 1.82) is 0 Å². The van der Waals surface area contributed by atoms with Crippen LogP contribution in [-0.2, 0) is 14.8 Å². The van der Waals surface area contributed by atoms with Crippen molar-refractivity contribution in [3.63, 3.8) is 0 Å². The summed E-state index contributed by atoms with van der Waals surface area (Å²) in [6.45, 7) is 4.49. The summed E-state index contributed by atoms with van der Waals surface area (Å²) in [7, 11) is -3.35. The summed E-state index contributed by atoms with van der Waals surface area (Å²) in [5.41, 5.74) is 0.700. The van der Waals surface area contributed by atoms with E-state index in [0.29, 0.717) is 42.2 Å². The van der Waals surface area contributed by atoms with Gasteiger partial charge in [-0.2, -0.15) is 0 Å². The Morgan fingerprint density at radius 3 is 2.50 bits per heavy atom. The maximum atomic E-state index is 13.3. The lowest BCUT2D eigenvalue weighted by Crippen LogP contribution is -2.44. The zero-order chi connectivity index (χ0) is 22.1. The number of rotatable bonds is 8. The monoisotopic (exact) mass is 437 g/mol. The van der Waals surface area contributed by atoms with Gasteiger partial charge < -0.3 is 9.84 Å². The number of sulfonamides is 1. The van der Waals surface area contributed by atoms with Gasteiger partial charge in [0, 0.05) is 25.7 Å². The molecule has 2 aromatic rings. The topological polar surface area (TPSA) is 118 Å². The molecule has 1 aliphatic heterocycles. The van der Waals surface area contributed by atoms with Crippen molar-refractivity contribution in [1.82, 2.24) is 13.7 Å². The quantitative estimate of drug-likeness (QED) is 0.629. The highest BCUT2D eigenvalue weighted by Gasteiger charge is 2.41. The number of ether oxygens (including phenoxy) is 1. The second kappa shape index (κ2) is 8.35. The largest absolute Gasteiger partial charge is 0.490 e. The van der Waals surface area contributed by atoms with Crippen LogP contribution in [0.5, 0.6) is 5.75 Å². The van der Waals surface area contributed by atoms with E-state index < -0.39 is 21.4 Å². The molecule has 1 N–H and O–H groups in total. The number of carboxylic acid groups (broad SMARTS) is 1. The number of nitrogens with zero attached hydrogens (tertiary/aromatic N) is 3. The number of carbonyl (C=O) groups is 2. The molecule has 0 aromatic carbocycles. The predicted octanol–water partition coefficient (Wildman–Crippen LogP) is 2.13. The van der Waals surface area contributed by atoms with Gasteiger partial charge >= 0.3 is 5.97 Å². The molecule has 2 aromatic heterocycles. The minimum absolute atomic E-state index is 0.0183. The highest BCUT2D eigenvalue weighted by atomic mass is 32.2. The van der Waals surface area contributed by atoms with Crippen LogP contribution in [-0.4, -0.2) is 64.9 Å². The lowest BCUT2D eigenvalue weighted by molar-refractivity contribution is -0.140. The third-order valence-corrected chi connectivity index (χ3v) is 6.97. The third-order valence-electron chi connectivity index (χ3n) is 5.67. The van der Waals surface area contributed by atoms with Crippen molar-refractivity contribution >= 4 is 27.4 Å². The molecule has 0 saturated carbocycles. The van der Waals surface area contributed by atoms with Crippen molar-refractivity contribution in [2.75, 3.05) is 26.0 Å². The predicted molar refractivity (Wildman–Crippen MR) is 110 cm³/mol. The first kappa shape index (κ1) is 22.2. The number of Topliss-reactive ketones (excluding diaryl/α,β-unsaturated/α-hetero) is 1. The van der Waals surface area contributed by atoms with Gasteiger partial charge in [0.05, 0.1) is 25.0 Å². The van der Waals surface area contributed by atoms with Crippen LogP contribution in [0.3, 0.4) is 0 Å². The number of carboxylic acids is 1. The average Bonchev–Trinajstić information content (AvgIpc) is 2.98. The first-order valence-electron chi connectivity index (χ1n) is 9.87. The molecule has 0 aliphatic carbocycles. The summed E-state index contributed by atoms with van der Waals surface area (Å²) < 4.78 is 32.3. The van der Waals surface area contributed by atoms with Crippen LogP contribution in [0.25, 0.3) is 5.65 Å². The van der Waals surface area contributed by atoms with Gasteiger partial charge in [-0.15, -0.1) is 0 Å². The first-order valence-corrected chi connectivity index (χ1v) is 11.7. The zero-order valence-corrected chi connectivity index (χ0v) is 18.2. The van der Waals surface area contributed by atoms with Gasteiger partial charge in [-0.3, -0.25) is 14.0 Å². The molecule has 1 aliphatic rings. The maximum absolute atomic E-state index is 13.3. The summed E-state index contributed by atoms with van der Waals surface area (Å²) in [6, 6.07) is 3.56. The van der Waals surface area contributed by atoms with Crippen molar-refractivity contribution < 1.29 is 27.9 Å². The molecular formula is C20H27N3O6S. The Balaban J connectivity index is 1.91. The summed E-state index contributed by atoms with van der Waals surface area (Å²) >= 11 is 0. The number of carbonyl (C=O) groups excluding carboxylic acids is 1. The van der Waals surface area contributed by atoms with Gasteiger partial charge in [-0.05, 0) is 44.2 Å². The maximum Gasteiger partial charge on any atom is 0.303 e. The number of piperidine rings is 1. The molecular weight excluding hydrogens is 410 g/mol. The van der Waals surface area contributed by atoms with Crippen LogP contribution in [0.2, 0.25) is 0 Å². The second-order valence-corrected chi connectivity index (χ2v) is 9.86. The number of hydrogen-bond donors (Lipinski definition) is 1. The van der Waals surface area contributed by atoms with Gasteiger partial charge in [0.15, 0.2) is 17.2 Å². The number of fused-ring (bicyclic) bond motifs is 1. The molecule has 1 fully saturated rings. The van der Waals surface area contributed by atoms with E-state index in [1.54, 1.807) is 29.7 Å². The third kappa shape index (κ3) is 4.49. The van der Waals surface area contributed by atoms with Gasteiger partial charge in [0.25, 0.3) is 0 Å². The standard InChI is InChI=1S/C20H27N3O6S/c1-4-29-16-6-5-9-23-18(14(2)21-19(16)23)15(24)12-20(13-17(25)26)7-10-22(11-8-20)30(3,27)28/h5-6,9H,4,7-8,10-13H2,1-3H3,(H,25,26). The Hall–Kier alpha value is -2.46. The Morgan fingerprint density at radius 1 is 1.27 bits per heavy atom.